The predicted molar refractivity (Wildman–Crippen MR) is 95.1 cm³/mol. The number of hydrogen-bond donors (Lipinski definition) is 2. The van der Waals surface area contributed by atoms with Crippen LogP contribution in [0.3, 0.4) is 0 Å². The molecule has 1 atom stereocenters. The molecule has 1 unspecified atom stereocenters. The highest BCUT2D eigenvalue weighted by atomic mass is 32.2. The largest absolute Gasteiger partial charge is 0.350 e. The molecule has 0 radical (unpaired) electrons. The van der Waals surface area contributed by atoms with Crippen molar-refractivity contribution in [3.05, 3.63) is 23.8 Å². The summed E-state index contributed by atoms with van der Waals surface area (Å²) in [6.45, 7) is 4.89. The van der Waals surface area contributed by atoms with E-state index in [4.69, 9.17) is 0 Å². The highest BCUT2D eigenvalue weighted by Gasteiger charge is 2.19. The van der Waals surface area contributed by atoms with E-state index in [-0.39, 0.29) is 17.9 Å². The van der Waals surface area contributed by atoms with Crippen molar-refractivity contribution < 1.29 is 9.59 Å². The van der Waals surface area contributed by atoms with Crippen LogP contribution in [0.1, 0.15) is 30.6 Å². The molecule has 1 aromatic carbocycles. The second kappa shape index (κ2) is 7.84. The van der Waals surface area contributed by atoms with Crippen LogP contribution in [0.25, 0.3) is 0 Å². The first kappa shape index (κ1) is 17.8. The summed E-state index contributed by atoms with van der Waals surface area (Å²) in [4.78, 5) is 27.2. The van der Waals surface area contributed by atoms with Crippen LogP contribution in [0, 0.1) is 5.92 Å². The first-order valence-corrected chi connectivity index (χ1v) is 8.88. The molecule has 5 nitrogen and oxygen atoms in total. The fraction of sp³-hybridized carbons (Fsp3) is 0.529. The van der Waals surface area contributed by atoms with Gasteiger partial charge in [0.25, 0.3) is 5.91 Å². The molecule has 0 aromatic heterocycles. The molecule has 0 saturated carbocycles. The quantitative estimate of drug-likeness (QED) is 0.868. The van der Waals surface area contributed by atoms with Gasteiger partial charge in [-0.3, -0.25) is 9.59 Å². The van der Waals surface area contributed by atoms with E-state index in [1.165, 1.54) is 0 Å². The Balaban J connectivity index is 2.07. The molecule has 1 aliphatic heterocycles. The van der Waals surface area contributed by atoms with Crippen LogP contribution < -0.4 is 10.6 Å². The summed E-state index contributed by atoms with van der Waals surface area (Å²) in [5, 5.41) is 5.87. The van der Waals surface area contributed by atoms with Gasteiger partial charge >= 0.3 is 0 Å². The fourth-order valence-corrected chi connectivity index (χ4v) is 3.61. The maximum Gasteiger partial charge on any atom is 0.251 e. The molecule has 0 spiro atoms. The molecular weight excluding hydrogens is 310 g/mol. The molecule has 23 heavy (non-hydrogen) atoms. The van der Waals surface area contributed by atoms with Crippen molar-refractivity contribution in [1.82, 2.24) is 10.2 Å². The van der Waals surface area contributed by atoms with Gasteiger partial charge in [0.15, 0.2) is 0 Å². The van der Waals surface area contributed by atoms with E-state index in [1.54, 1.807) is 17.8 Å². The van der Waals surface area contributed by atoms with E-state index >= 15 is 0 Å². The van der Waals surface area contributed by atoms with Crippen LogP contribution in [0.5, 0.6) is 0 Å². The van der Waals surface area contributed by atoms with E-state index in [1.807, 2.05) is 26.2 Å². The first-order valence-electron chi connectivity index (χ1n) is 7.90. The number of hydrogen-bond acceptors (Lipinski definition) is 4. The number of nitrogens with zero attached hydrogens (tertiary/aromatic N) is 1. The standard InChI is InChI=1S/C17H25N3O2S/c1-11(2)14(20(3)4)10-18-17(22)12-5-6-15-13(9-12)19-16(21)7-8-23-15/h5-6,9,11,14H,7-8,10H2,1-4H3,(H,18,22)(H,19,21). The van der Waals surface area contributed by atoms with Gasteiger partial charge in [-0.2, -0.15) is 0 Å². The summed E-state index contributed by atoms with van der Waals surface area (Å²) in [5.74, 6) is 1.11. The van der Waals surface area contributed by atoms with E-state index < -0.39 is 0 Å². The number of amides is 2. The zero-order chi connectivity index (χ0) is 17.0. The monoisotopic (exact) mass is 335 g/mol. The zero-order valence-electron chi connectivity index (χ0n) is 14.2. The summed E-state index contributed by atoms with van der Waals surface area (Å²) in [6.07, 6.45) is 0.500. The fourth-order valence-electron chi connectivity index (χ4n) is 2.68. The van der Waals surface area contributed by atoms with Gasteiger partial charge in [-0.05, 0) is 38.2 Å². The summed E-state index contributed by atoms with van der Waals surface area (Å²) < 4.78 is 0. The molecule has 2 amide bonds. The smallest absolute Gasteiger partial charge is 0.251 e. The number of rotatable bonds is 5. The number of thioether (sulfide) groups is 1. The van der Waals surface area contributed by atoms with E-state index in [2.05, 4.69) is 29.4 Å². The lowest BCUT2D eigenvalue weighted by Crippen LogP contribution is -2.43. The summed E-state index contributed by atoms with van der Waals surface area (Å²) >= 11 is 1.64. The third-order valence-electron chi connectivity index (χ3n) is 4.01. The Bertz CT molecular complexity index is 579. The lowest BCUT2D eigenvalue weighted by molar-refractivity contribution is -0.115. The Morgan fingerprint density at radius 1 is 1.39 bits per heavy atom. The molecule has 126 valence electrons. The lowest BCUT2D eigenvalue weighted by Gasteiger charge is -2.28. The van der Waals surface area contributed by atoms with Crippen LogP contribution >= 0.6 is 11.8 Å². The van der Waals surface area contributed by atoms with Crippen molar-refractivity contribution >= 4 is 29.3 Å². The van der Waals surface area contributed by atoms with Crippen LogP contribution in [-0.4, -0.2) is 49.1 Å². The number of carbonyl (C=O) groups excluding carboxylic acids is 2. The van der Waals surface area contributed by atoms with Crippen molar-refractivity contribution in [3.63, 3.8) is 0 Å². The van der Waals surface area contributed by atoms with Crippen LogP contribution in [0.15, 0.2) is 23.1 Å². The number of anilines is 1. The van der Waals surface area contributed by atoms with Crippen LogP contribution in [0.4, 0.5) is 5.69 Å². The number of fused-ring (bicyclic) bond motifs is 1. The van der Waals surface area contributed by atoms with Gasteiger partial charge in [0.05, 0.1) is 5.69 Å². The first-order chi connectivity index (χ1) is 10.9. The Hall–Kier alpha value is -1.53. The topological polar surface area (TPSA) is 61.4 Å². The molecular formula is C17H25N3O2S. The van der Waals surface area contributed by atoms with E-state index in [0.717, 1.165) is 16.3 Å². The van der Waals surface area contributed by atoms with Crippen molar-refractivity contribution in [1.29, 1.82) is 0 Å². The minimum Gasteiger partial charge on any atom is -0.350 e. The van der Waals surface area contributed by atoms with E-state index in [0.29, 0.717) is 24.4 Å². The molecule has 0 saturated heterocycles. The maximum absolute atomic E-state index is 12.4. The van der Waals surface area contributed by atoms with Gasteiger partial charge in [-0.15, -0.1) is 11.8 Å². The zero-order valence-corrected chi connectivity index (χ0v) is 15.0. The van der Waals surface area contributed by atoms with Crippen LogP contribution in [0.2, 0.25) is 0 Å². The minimum absolute atomic E-state index is 0.00119. The highest BCUT2D eigenvalue weighted by Crippen LogP contribution is 2.31. The van der Waals surface area contributed by atoms with Gasteiger partial charge in [0.2, 0.25) is 5.91 Å². The second-order valence-electron chi connectivity index (χ2n) is 6.34. The second-order valence-corrected chi connectivity index (χ2v) is 7.48. The van der Waals surface area contributed by atoms with Crippen molar-refractivity contribution in [3.8, 4) is 0 Å². The number of nitrogens with one attached hydrogen (secondary N) is 2. The number of likely N-dealkylation sites (N-methyl/N-ethyl adjacent to an activating group) is 1. The Morgan fingerprint density at radius 2 is 2.13 bits per heavy atom. The number of benzene rings is 1. The Labute approximate surface area is 142 Å². The molecule has 0 fully saturated rings. The Kier molecular flexibility index (Phi) is 6.07. The predicted octanol–water partition coefficient (Wildman–Crippen LogP) is 2.44. The lowest BCUT2D eigenvalue weighted by atomic mass is 10.0. The van der Waals surface area contributed by atoms with Crippen molar-refractivity contribution in [2.75, 3.05) is 31.7 Å². The number of carbonyl (C=O) groups is 2. The third kappa shape index (κ3) is 4.72. The molecule has 1 aromatic rings. The van der Waals surface area contributed by atoms with Crippen molar-refractivity contribution in [2.24, 2.45) is 5.92 Å². The summed E-state index contributed by atoms with van der Waals surface area (Å²) in [6, 6.07) is 5.78. The Morgan fingerprint density at radius 3 is 2.78 bits per heavy atom. The molecule has 1 heterocycles. The van der Waals surface area contributed by atoms with Gasteiger partial charge in [-0.1, -0.05) is 13.8 Å². The van der Waals surface area contributed by atoms with Gasteiger partial charge in [-0.25, -0.2) is 0 Å². The average molecular weight is 335 g/mol. The summed E-state index contributed by atoms with van der Waals surface area (Å²) in [7, 11) is 4.04. The average Bonchev–Trinajstić information content (AvgIpc) is 2.66. The molecule has 6 heteroatoms. The SMILES string of the molecule is CC(C)C(CNC(=O)c1ccc2c(c1)NC(=O)CCS2)N(C)C. The van der Waals surface area contributed by atoms with E-state index in [9.17, 15) is 9.59 Å². The molecule has 2 rings (SSSR count). The maximum atomic E-state index is 12.4. The molecule has 0 aliphatic carbocycles. The molecule has 1 aliphatic rings. The molecule has 2 N–H and O–H groups in total. The van der Waals surface area contributed by atoms with Gasteiger partial charge in [0.1, 0.15) is 0 Å². The molecule has 0 bridgehead atoms. The normalized spacial score (nSPS) is 15.8. The summed E-state index contributed by atoms with van der Waals surface area (Å²) in [5.41, 5.74) is 1.31. The van der Waals surface area contributed by atoms with Gasteiger partial charge < -0.3 is 15.5 Å². The van der Waals surface area contributed by atoms with Crippen LogP contribution in [-0.2, 0) is 4.79 Å². The van der Waals surface area contributed by atoms with Crippen molar-refractivity contribution in [2.45, 2.75) is 31.2 Å². The van der Waals surface area contributed by atoms with Gasteiger partial charge in [0, 0.05) is 35.2 Å². The third-order valence-corrected chi connectivity index (χ3v) is 5.08. The highest BCUT2D eigenvalue weighted by molar-refractivity contribution is 7.99. The minimum atomic E-state index is -0.108.